The molecule has 1 rings (SSSR count). The van der Waals surface area contributed by atoms with Crippen LogP contribution in [-0.2, 0) is 0 Å². The fourth-order valence-corrected chi connectivity index (χ4v) is 1.62. The van der Waals surface area contributed by atoms with Crippen LogP contribution in [0.25, 0.3) is 0 Å². The molecule has 0 aliphatic carbocycles. The maximum Gasteiger partial charge on any atom is 0.0772 e. The number of nitrogens with zero attached hydrogens (tertiary/aromatic N) is 2. The Morgan fingerprint density at radius 2 is 2.50 bits per heavy atom. The molecular formula is C8H11N3S. The fraction of sp³-hybridized carbons (Fsp3) is 0.500. The predicted octanol–water partition coefficient (Wildman–Crippen LogP) is 1.26. The molecule has 12 heavy (non-hydrogen) atoms. The number of nitrogens with two attached hydrogens (primary N) is 1. The van der Waals surface area contributed by atoms with Gasteiger partial charge in [0, 0.05) is 12.5 Å². The van der Waals surface area contributed by atoms with Crippen molar-refractivity contribution in [2.24, 2.45) is 5.73 Å². The van der Waals surface area contributed by atoms with E-state index >= 15 is 0 Å². The van der Waals surface area contributed by atoms with Crippen LogP contribution in [0.2, 0.25) is 0 Å². The minimum Gasteiger partial charge on any atom is -0.323 e. The van der Waals surface area contributed by atoms with Gasteiger partial charge in [-0.15, -0.1) is 17.4 Å². The van der Waals surface area contributed by atoms with E-state index in [0.29, 0.717) is 6.42 Å². The van der Waals surface area contributed by atoms with Crippen LogP contribution in [0.3, 0.4) is 0 Å². The quantitative estimate of drug-likeness (QED) is 0.714. The van der Waals surface area contributed by atoms with Crippen molar-refractivity contribution < 1.29 is 0 Å². The summed E-state index contributed by atoms with van der Waals surface area (Å²) in [7, 11) is 0. The molecule has 0 aromatic carbocycles. The topological polar surface area (TPSA) is 51.8 Å². The van der Waals surface area contributed by atoms with Crippen molar-refractivity contribution in [2.75, 3.05) is 0 Å². The summed E-state index contributed by atoms with van der Waals surface area (Å²) in [4.78, 5) is 1.05. The first-order valence-electron chi connectivity index (χ1n) is 3.73. The summed E-state index contributed by atoms with van der Waals surface area (Å²) in [5, 5.41) is 3.88. The van der Waals surface area contributed by atoms with Crippen LogP contribution in [0.4, 0.5) is 0 Å². The maximum atomic E-state index is 5.86. The van der Waals surface area contributed by atoms with Crippen molar-refractivity contribution in [3.8, 4) is 12.3 Å². The lowest BCUT2D eigenvalue weighted by atomic mass is 10.1. The van der Waals surface area contributed by atoms with Crippen LogP contribution in [-0.4, -0.2) is 9.59 Å². The minimum absolute atomic E-state index is 0.000972. The molecule has 0 amide bonds. The Balaban J connectivity index is 2.60. The monoisotopic (exact) mass is 181 g/mol. The molecule has 0 radical (unpaired) electrons. The molecule has 64 valence electrons. The SMILES string of the molecule is C#CCCC(N)c1snnc1C. The lowest BCUT2D eigenvalue weighted by molar-refractivity contribution is 0.673. The van der Waals surface area contributed by atoms with Crippen molar-refractivity contribution in [3.63, 3.8) is 0 Å². The Labute approximate surface area is 76.1 Å². The molecular weight excluding hydrogens is 170 g/mol. The molecule has 0 fully saturated rings. The summed E-state index contributed by atoms with van der Waals surface area (Å²) in [6.45, 7) is 1.91. The highest BCUT2D eigenvalue weighted by Crippen LogP contribution is 2.20. The van der Waals surface area contributed by atoms with E-state index < -0.39 is 0 Å². The van der Waals surface area contributed by atoms with Crippen LogP contribution in [0.15, 0.2) is 0 Å². The molecule has 4 heteroatoms. The van der Waals surface area contributed by atoms with E-state index in [-0.39, 0.29) is 6.04 Å². The number of aryl methyl sites for hydroxylation is 1. The fourth-order valence-electron chi connectivity index (χ4n) is 0.947. The third-order valence-electron chi connectivity index (χ3n) is 1.62. The minimum atomic E-state index is 0.000972. The Bertz CT molecular complexity index is 287. The lowest BCUT2D eigenvalue weighted by Gasteiger charge is -2.05. The molecule has 1 aromatic rings. The van der Waals surface area contributed by atoms with Crippen molar-refractivity contribution >= 4 is 11.5 Å². The Morgan fingerprint density at radius 1 is 1.75 bits per heavy atom. The third kappa shape index (κ3) is 2.03. The van der Waals surface area contributed by atoms with Crippen LogP contribution >= 0.6 is 11.5 Å². The average Bonchev–Trinajstić information content (AvgIpc) is 2.47. The highest BCUT2D eigenvalue weighted by atomic mass is 32.1. The number of aromatic nitrogens is 2. The summed E-state index contributed by atoms with van der Waals surface area (Å²) in [5.41, 5.74) is 6.78. The van der Waals surface area contributed by atoms with Gasteiger partial charge >= 0.3 is 0 Å². The van der Waals surface area contributed by atoms with Gasteiger partial charge in [-0.3, -0.25) is 0 Å². The maximum absolute atomic E-state index is 5.86. The second kappa shape index (κ2) is 4.19. The van der Waals surface area contributed by atoms with Crippen LogP contribution in [0.1, 0.15) is 29.5 Å². The second-order valence-corrected chi connectivity index (χ2v) is 3.36. The molecule has 0 aliphatic heterocycles. The first kappa shape index (κ1) is 9.17. The Kier molecular flexibility index (Phi) is 3.20. The predicted molar refractivity (Wildman–Crippen MR) is 49.6 cm³/mol. The summed E-state index contributed by atoms with van der Waals surface area (Å²) < 4.78 is 3.81. The normalized spacial score (nSPS) is 12.4. The standard InChI is InChI=1S/C8H11N3S/c1-3-4-5-7(9)8-6(2)10-11-12-8/h1,7H,4-5,9H2,2H3. The summed E-state index contributed by atoms with van der Waals surface area (Å²) >= 11 is 1.35. The van der Waals surface area contributed by atoms with E-state index in [1.807, 2.05) is 6.92 Å². The number of rotatable bonds is 3. The molecule has 1 aromatic heterocycles. The largest absolute Gasteiger partial charge is 0.323 e. The number of terminal acetylenes is 1. The van der Waals surface area contributed by atoms with E-state index in [1.165, 1.54) is 11.5 Å². The zero-order valence-corrected chi connectivity index (χ0v) is 7.77. The molecule has 0 aliphatic rings. The molecule has 3 nitrogen and oxygen atoms in total. The van der Waals surface area contributed by atoms with Crippen LogP contribution in [0.5, 0.6) is 0 Å². The smallest absolute Gasteiger partial charge is 0.0772 e. The Hall–Kier alpha value is -0.920. The van der Waals surface area contributed by atoms with Crippen LogP contribution in [0, 0.1) is 19.3 Å². The first-order valence-corrected chi connectivity index (χ1v) is 4.51. The van der Waals surface area contributed by atoms with Crippen molar-refractivity contribution in [3.05, 3.63) is 10.6 Å². The number of hydrogen-bond acceptors (Lipinski definition) is 4. The van der Waals surface area contributed by atoms with Crippen molar-refractivity contribution in [2.45, 2.75) is 25.8 Å². The molecule has 1 unspecified atom stereocenters. The Morgan fingerprint density at radius 3 is 3.00 bits per heavy atom. The highest BCUT2D eigenvalue weighted by Gasteiger charge is 2.11. The molecule has 0 spiro atoms. The van der Waals surface area contributed by atoms with E-state index in [2.05, 4.69) is 15.5 Å². The molecule has 0 saturated heterocycles. The van der Waals surface area contributed by atoms with Gasteiger partial charge in [0.05, 0.1) is 10.6 Å². The van der Waals surface area contributed by atoms with E-state index in [4.69, 9.17) is 12.2 Å². The van der Waals surface area contributed by atoms with Gasteiger partial charge in [0.1, 0.15) is 0 Å². The van der Waals surface area contributed by atoms with E-state index in [1.54, 1.807) is 0 Å². The second-order valence-electron chi connectivity index (χ2n) is 2.57. The van der Waals surface area contributed by atoms with Gasteiger partial charge in [0.2, 0.25) is 0 Å². The van der Waals surface area contributed by atoms with Gasteiger partial charge < -0.3 is 5.73 Å². The first-order chi connectivity index (χ1) is 5.75. The summed E-state index contributed by atoms with van der Waals surface area (Å²) in [6, 6.07) is 0.000972. The van der Waals surface area contributed by atoms with Gasteiger partial charge in [0.15, 0.2) is 0 Å². The van der Waals surface area contributed by atoms with Gasteiger partial charge in [-0.25, -0.2) is 0 Å². The zero-order chi connectivity index (χ0) is 8.97. The summed E-state index contributed by atoms with van der Waals surface area (Å²) in [5.74, 6) is 2.56. The number of hydrogen-bond donors (Lipinski definition) is 1. The van der Waals surface area contributed by atoms with E-state index in [9.17, 15) is 0 Å². The van der Waals surface area contributed by atoms with Crippen molar-refractivity contribution in [1.82, 2.24) is 9.59 Å². The molecule has 1 atom stereocenters. The molecule has 0 saturated carbocycles. The van der Waals surface area contributed by atoms with Gasteiger partial charge in [0.25, 0.3) is 0 Å². The highest BCUT2D eigenvalue weighted by molar-refractivity contribution is 7.05. The van der Waals surface area contributed by atoms with Crippen LogP contribution < -0.4 is 5.73 Å². The molecule has 1 heterocycles. The molecule has 0 bridgehead atoms. The van der Waals surface area contributed by atoms with E-state index in [0.717, 1.165) is 17.0 Å². The van der Waals surface area contributed by atoms with Gasteiger partial charge in [-0.2, -0.15) is 0 Å². The van der Waals surface area contributed by atoms with Crippen molar-refractivity contribution in [1.29, 1.82) is 0 Å². The average molecular weight is 181 g/mol. The van der Waals surface area contributed by atoms with Gasteiger partial charge in [-0.05, 0) is 24.9 Å². The molecule has 2 N–H and O–H groups in total. The van der Waals surface area contributed by atoms with Gasteiger partial charge in [-0.1, -0.05) is 4.49 Å². The lowest BCUT2D eigenvalue weighted by Crippen LogP contribution is -2.09. The summed E-state index contributed by atoms with van der Waals surface area (Å²) in [6.07, 6.45) is 6.65. The third-order valence-corrected chi connectivity index (χ3v) is 2.58. The zero-order valence-electron chi connectivity index (χ0n) is 6.95.